The van der Waals surface area contributed by atoms with Crippen LogP contribution in [0.3, 0.4) is 0 Å². The minimum absolute atomic E-state index is 0.147. The molecule has 1 saturated heterocycles. The largest absolute Gasteiger partial charge is 0.364 e. The van der Waals surface area contributed by atoms with E-state index in [2.05, 4.69) is 26.1 Å². The lowest BCUT2D eigenvalue weighted by Crippen LogP contribution is -2.43. The van der Waals surface area contributed by atoms with Gasteiger partial charge in [-0.05, 0) is 56.3 Å². The minimum atomic E-state index is -0.441. The fraction of sp³-hybridized carbons (Fsp3) is 0.647. The van der Waals surface area contributed by atoms with Gasteiger partial charge in [-0.1, -0.05) is 13.8 Å². The lowest BCUT2D eigenvalue weighted by Gasteiger charge is -2.39. The van der Waals surface area contributed by atoms with Gasteiger partial charge in [-0.15, -0.1) is 0 Å². The lowest BCUT2D eigenvalue weighted by atomic mass is 9.91. The molecule has 4 heteroatoms. The van der Waals surface area contributed by atoms with Gasteiger partial charge in [-0.25, -0.2) is 8.78 Å². The third-order valence-corrected chi connectivity index (χ3v) is 4.49. The predicted molar refractivity (Wildman–Crippen MR) is 83.6 cm³/mol. The van der Waals surface area contributed by atoms with Gasteiger partial charge < -0.3 is 10.2 Å². The molecule has 0 amide bonds. The van der Waals surface area contributed by atoms with Gasteiger partial charge in [0.15, 0.2) is 0 Å². The van der Waals surface area contributed by atoms with Gasteiger partial charge in [0.1, 0.15) is 17.3 Å². The molecule has 1 aliphatic heterocycles. The van der Waals surface area contributed by atoms with E-state index >= 15 is 0 Å². The molecular formula is C17H26F2N2. The molecule has 2 unspecified atom stereocenters. The minimum Gasteiger partial charge on any atom is -0.364 e. The quantitative estimate of drug-likeness (QED) is 0.823. The summed E-state index contributed by atoms with van der Waals surface area (Å²) in [6.07, 6.45) is 3.12. The maximum Gasteiger partial charge on any atom is 0.149 e. The van der Waals surface area contributed by atoms with Crippen molar-refractivity contribution in [1.82, 2.24) is 5.32 Å². The van der Waals surface area contributed by atoms with E-state index in [0.29, 0.717) is 18.0 Å². The number of rotatable bonds is 5. The van der Waals surface area contributed by atoms with Crippen molar-refractivity contribution in [3.8, 4) is 0 Å². The van der Waals surface area contributed by atoms with Gasteiger partial charge in [-0.3, -0.25) is 0 Å². The van der Waals surface area contributed by atoms with Crippen LogP contribution >= 0.6 is 0 Å². The zero-order valence-electron chi connectivity index (χ0n) is 13.3. The van der Waals surface area contributed by atoms with E-state index in [1.807, 2.05) is 4.90 Å². The molecule has 1 aromatic carbocycles. The van der Waals surface area contributed by atoms with Crippen molar-refractivity contribution >= 4 is 5.69 Å². The normalized spacial score (nSPS) is 22.6. The Morgan fingerprint density at radius 2 is 1.90 bits per heavy atom. The Balaban J connectivity index is 2.20. The van der Waals surface area contributed by atoms with Crippen LogP contribution in [0, 0.1) is 17.6 Å². The van der Waals surface area contributed by atoms with E-state index in [-0.39, 0.29) is 11.7 Å². The van der Waals surface area contributed by atoms with E-state index < -0.39 is 11.6 Å². The predicted octanol–water partition coefficient (Wildman–Crippen LogP) is 4.09. The first kappa shape index (κ1) is 16.2. The summed E-state index contributed by atoms with van der Waals surface area (Å²) < 4.78 is 28.8. The number of piperidine rings is 1. The summed E-state index contributed by atoms with van der Waals surface area (Å²) in [5.41, 5.74) is 0.813. The summed E-state index contributed by atoms with van der Waals surface area (Å²) in [5, 5.41) is 3.17. The van der Waals surface area contributed by atoms with Gasteiger partial charge in [0, 0.05) is 19.1 Å². The average Bonchev–Trinajstić information content (AvgIpc) is 2.43. The van der Waals surface area contributed by atoms with Gasteiger partial charge in [-0.2, -0.15) is 0 Å². The highest BCUT2D eigenvalue weighted by Crippen LogP contribution is 2.32. The first-order valence-corrected chi connectivity index (χ1v) is 7.99. The van der Waals surface area contributed by atoms with E-state index in [1.54, 1.807) is 0 Å². The van der Waals surface area contributed by atoms with Crippen molar-refractivity contribution in [1.29, 1.82) is 0 Å². The number of anilines is 1. The Bertz CT molecular complexity index is 453. The number of hydrogen-bond donors (Lipinski definition) is 1. The number of nitrogens with one attached hydrogen (secondary N) is 1. The van der Waals surface area contributed by atoms with E-state index in [0.717, 1.165) is 32.4 Å². The molecule has 1 fully saturated rings. The third-order valence-electron chi connectivity index (χ3n) is 4.49. The Kier molecular flexibility index (Phi) is 5.57. The molecule has 2 rings (SSSR count). The Hall–Kier alpha value is -1.16. The molecule has 0 bridgehead atoms. The van der Waals surface area contributed by atoms with Crippen LogP contribution in [0.1, 0.15) is 45.6 Å². The van der Waals surface area contributed by atoms with Gasteiger partial charge in [0.05, 0.1) is 0 Å². The van der Waals surface area contributed by atoms with Crippen LogP contribution in [-0.4, -0.2) is 19.1 Å². The van der Waals surface area contributed by atoms with Crippen molar-refractivity contribution in [2.24, 2.45) is 5.92 Å². The molecule has 1 heterocycles. The highest BCUT2D eigenvalue weighted by atomic mass is 19.1. The molecule has 118 valence electrons. The summed E-state index contributed by atoms with van der Waals surface area (Å²) >= 11 is 0. The van der Waals surface area contributed by atoms with Crippen molar-refractivity contribution in [2.75, 3.05) is 18.0 Å². The molecule has 2 nitrogen and oxygen atoms in total. The molecule has 0 aliphatic carbocycles. The standard InChI is InChI=1S/C17H26F2N2/c1-4-7-20-11-14-9-15(18)17(16(19)10-14)21-8-5-6-12(2)13(21)3/h9-10,12-13,20H,4-8,11H2,1-3H3. The van der Waals surface area contributed by atoms with Crippen molar-refractivity contribution in [3.05, 3.63) is 29.3 Å². The molecule has 0 radical (unpaired) electrons. The van der Waals surface area contributed by atoms with Gasteiger partial charge >= 0.3 is 0 Å². The van der Waals surface area contributed by atoms with Crippen LogP contribution in [0.25, 0.3) is 0 Å². The second kappa shape index (κ2) is 7.21. The van der Waals surface area contributed by atoms with Crippen molar-refractivity contribution in [3.63, 3.8) is 0 Å². The van der Waals surface area contributed by atoms with Crippen molar-refractivity contribution in [2.45, 2.75) is 52.6 Å². The number of halogens is 2. The number of hydrogen-bond acceptors (Lipinski definition) is 2. The third kappa shape index (κ3) is 3.73. The topological polar surface area (TPSA) is 15.3 Å². The van der Waals surface area contributed by atoms with E-state index in [9.17, 15) is 8.78 Å². The number of nitrogens with zero attached hydrogens (tertiary/aromatic N) is 1. The summed E-state index contributed by atoms with van der Waals surface area (Å²) in [5.74, 6) is -0.419. The maximum absolute atomic E-state index is 14.4. The smallest absolute Gasteiger partial charge is 0.149 e. The SMILES string of the molecule is CCCNCc1cc(F)c(N2CCCC(C)C2C)c(F)c1. The second-order valence-electron chi connectivity index (χ2n) is 6.14. The van der Waals surface area contributed by atoms with Crippen LogP contribution in [0.15, 0.2) is 12.1 Å². The van der Waals surface area contributed by atoms with Crippen LogP contribution in [-0.2, 0) is 6.54 Å². The molecule has 21 heavy (non-hydrogen) atoms. The molecule has 1 aliphatic rings. The summed E-state index contributed by atoms with van der Waals surface area (Å²) in [4.78, 5) is 1.89. The Labute approximate surface area is 126 Å². The Morgan fingerprint density at radius 3 is 2.52 bits per heavy atom. The first-order valence-electron chi connectivity index (χ1n) is 7.99. The van der Waals surface area contributed by atoms with Crippen LogP contribution in [0.5, 0.6) is 0 Å². The lowest BCUT2D eigenvalue weighted by molar-refractivity contribution is 0.356. The summed E-state index contributed by atoms with van der Waals surface area (Å²) in [6, 6.07) is 3.10. The highest BCUT2D eigenvalue weighted by Gasteiger charge is 2.28. The molecular weight excluding hydrogens is 270 g/mol. The molecule has 0 saturated carbocycles. The fourth-order valence-electron chi connectivity index (χ4n) is 3.06. The zero-order chi connectivity index (χ0) is 15.4. The fourth-order valence-corrected chi connectivity index (χ4v) is 3.06. The average molecular weight is 296 g/mol. The summed E-state index contributed by atoms with van der Waals surface area (Å²) in [7, 11) is 0. The molecule has 0 aromatic heterocycles. The van der Waals surface area contributed by atoms with E-state index in [1.165, 1.54) is 12.1 Å². The molecule has 1 N–H and O–H groups in total. The van der Waals surface area contributed by atoms with E-state index in [4.69, 9.17) is 0 Å². The highest BCUT2D eigenvalue weighted by molar-refractivity contribution is 5.52. The van der Waals surface area contributed by atoms with Gasteiger partial charge in [0.25, 0.3) is 0 Å². The van der Waals surface area contributed by atoms with Crippen LogP contribution in [0.2, 0.25) is 0 Å². The van der Waals surface area contributed by atoms with Crippen LogP contribution in [0.4, 0.5) is 14.5 Å². The monoisotopic (exact) mass is 296 g/mol. The van der Waals surface area contributed by atoms with Crippen molar-refractivity contribution < 1.29 is 8.78 Å². The molecule has 2 atom stereocenters. The first-order chi connectivity index (χ1) is 10.0. The van der Waals surface area contributed by atoms with Gasteiger partial charge in [0.2, 0.25) is 0 Å². The maximum atomic E-state index is 14.4. The van der Waals surface area contributed by atoms with Crippen LogP contribution < -0.4 is 10.2 Å². The molecule has 1 aromatic rings. The summed E-state index contributed by atoms with van der Waals surface area (Å²) in [6.45, 7) is 8.36. The molecule has 0 spiro atoms. The zero-order valence-corrected chi connectivity index (χ0v) is 13.3. The second-order valence-corrected chi connectivity index (χ2v) is 6.14. The Morgan fingerprint density at radius 1 is 1.24 bits per heavy atom. The number of benzene rings is 1.